The number of benzene rings is 6. The van der Waals surface area contributed by atoms with Crippen LogP contribution in [0.4, 0.5) is 56.6 Å². The van der Waals surface area contributed by atoms with Gasteiger partial charge in [-0.15, -0.1) is 0 Å². The van der Waals surface area contributed by atoms with Crippen molar-refractivity contribution >= 4 is 46.4 Å². The van der Waals surface area contributed by atoms with Crippen molar-refractivity contribution in [2.24, 2.45) is 0 Å². The van der Waals surface area contributed by atoms with Gasteiger partial charge in [0.15, 0.2) is 11.7 Å². The van der Waals surface area contributed by atoms with E-state index in [1.807, 2.05) is 30.3 Å². The summed E-state index contributed by atoms with van der Waals surface area (Å²) in [4.78, 5) is 45.8. The normalized spacial score (nSPS) is 13.2. The molecule has 1 saturated carbocycles. The van der Waals surface area contributed by atoms with Crippen LogP contribution in [0, 0.1) is 0 Å². The first-order chi connectivity index (χ1) is 39.3. The molecule has 1 aliphatic rings. The zero-order valence-electron chi connectivity index (χ0n) is 43.7. The summed E-state index contributed by atoms with van der Waals surface area (Å²) in [6.07, 6.45) is -5.04. The van der Waals surface area contributed by atoms with Crippen LogP contribution in [-0.4, -0.2) is 68.7 Å². The van der Waals surface area contributed by atoms with Gasteiger partial charge in [0, 0.05) is 17.4 Å². The number of aromatic nitrogens is 8. The fourth-order valence-electron chi connectivity index (χ4n) is 8.02. The molecular formula is C57H47ClF9N11O5. The molecule has 0 saturated heterocycles. The molecule has 1 unspecified atom stereocenters. The molecule has 1 atom stereocenters. The van der Waals surface area contributed by atoms with Crippen molar-refractivity contribution < 1.29 is 63.4 Å². The number of para-hydroxylation sites is 1. The molecule has 83 heavy (non-hydrogen) atoms. The lowest BCUT2D eigenvalue weighted by Gasteiger charge is -2.26. The first-order valence-corrected chi connectivity index (χ1v) is 25.2. The largest absolute Gasteiger partial charge is 0.481 e. The van der Waals surface area contributed by atoms with Crippen LogP contribution in [0.3, 0.4) is 0 Å². The Morgan fingerprint density at radius 3 is 1.51 bits per heavy atom. The summed E-state index contributed by atoms with van der Waals surface area (Å²) in [7, 11) is 0. The van der Waals surface area contributed by atoms with Crippen LogP contribution in [0.1, 0.15) is 55.9 Å². The van der Waals surface area contributed by atoms with Gasteiger partial charge in [0.05, 0.1) is 56.2 Å². The van der Waals surface area contributed by atoms with Gasteiger partial charge in [-0.3, -0.25) is 14.4 Å². The van der Waals surface area contributed by atoms with Crippen molar-refractivity contribution in [3.63, 3.8) is 0 Å². The molecule has 430 valence electrons. The Kier molecular flexibility index (Phi) is 17.7. The molecule has 10 rings (SSSR count). The van der Waals surface area contributed by atoms with Crippen molar-refractivity contribution in [3.05, 3.63) is 211 Å². The molecule has 3 heterocycles. The summed E-state index contributed by atoms with van der Waals surface area (Å²) in [5.41, 5.74) is -2.97. The maximum Gasteiger partial charge on any atom is 0.416 e. The fourth-order valence-corrected chi connectivity index (χ4v) is 8.20. The zero-order valence-corrected chi connectivity index (χ0v) is 44.5. The number of ether oxygens (including phenoxy) is 2. The standard InChI is InChI=1S/C20H16F3N3O.C19H17F3N4O2.C18H14ClF3N4O2/c21-20(22,23)15-7-8-17(26-12-4-11-24-26)16(13-15)25-18(27)19(9-10-19)14-5-2-1-3-6-14;1-18(2,28-14-6-4-3-5-7-14)17(27)25-15-10-13(19(20,21)22)8-9-16(15)26-12-23-11-24-26;1-11(28-14-4-2-3-13(19)8-14)17(27)25-15-7-12(18(20,21)22)5-6-16(15)26-10-23-9-24-26/h1-8,11-13H,9-10H2,(H,25,27);3-12H,1-2H3,(H,25,27);2-11H,1H3,(H,25,27). The maximum absolute atomic E-state index is 13.2. The van der Waals surface area contributed by atoms with E-state index in [1.165, 1.54) is 90.6 Å². The van der Waals surface area contributed by atoms with Crippen molar-refractivity contribution in [3.8, 4) is 28.6 Å². The molecule has 0 spiro atoms. The van der Waals surface area contributed by atoms with Gasteiger partial charge < -0.3 is 25.4 Å². The Labute approximate surface area is 471 Å². The number of carbonyl (C=O) groups is 3. The van der Waals surface area contributed by atoms with E-state index in [2.05, 4.69) is 41.2 Å². The summed E-state index contributed by atoms with van der Waals surface area (Å²) in [5.74, 6) is -0.738. The molecule has 0 bridgehead atoms. The van der Waals surface area contributed by atoms with Gasteiger partial charge in [0.25, 0.3) is 11.8 Å². The lowest BCUT2D eigenvalue weighted by Crippen LogP contribution is -2.42. The zero-order chi connectivity index (χ0) is 59.7. The highest BCUT2D eigenvalue weighted by Crippen LogP contribution is 2.49. The van der Waals surface area contributed by atoms with Gasteiger partial charge in [0.2, 0.25) is 5.91 Å². The molecule has 9 aromatic rings. The third-order valence-corrected chi connectivity index (χ3v) is 12.7. The van der Waals surface area contributed by atoms with Gasteiger partial charge >= 0.3 is 18.5 Å². The van der Waals surface area contributed by atoms with Crippen LogP contribution in [0.15, 0.2) is 183 Å². The average Bonchev–Trinajstić information content (AvgIpc) is 3.25. The Morgan fingerprint density at radius 2 is 1.05 bits per heavy atom. The summed E-state index contributed by atoms with van der Waals surface area (Å²) in [5, 5.41) is 20.0. The van der Waals surface area contributed by atoms with E-state index in [9.17, 15) is 53.9 Å². The van der Waals surface area contributed by atoms with Gasteiger partial charge in [-0.05, 0) is 130 Å². The van der Waals surface area contributed by atoms with Crippen LogP contribution < -0.4 is 25.4 Å². The van der Waals surface area contributed by atoms with E-state index in [-0.39, 0.29) is 34.3 Å². The first-order valence-electron chi connectivity index (χ1n) is 24.8. The van der Waals surface area contributed by atoms with Crippen LogP contribution in [0.2, 0.25) is 5.02 Å². The highest BCUT2D eigenvalue weighted by molar-refractivity contribution is 6.30. The third-order valence-electron chi connectivity index (χ3n) is 12.5. The number of amides is 3. The highest BCUT2D eigenvalue weighted by Gasteiger charge is 2.51. The van der Waals surface area contributed by atoms with E-state index in [4.69, 9.17) is 21.1 Å². The summed E-state index contributed by atoms with van der Waals surface area (Å²) in [6, 6.07) is 35.2. The van der Waals surface area contributed by atoms with Gasteiger partial charge in [0.1, 0.15) is 36.8 Å². The van der Waals surface area contributed by atoms with Gasteiger partial charge in [-0.1, -0.05) is 66.2 Å². The van der Waals surface area contributed by atoms with E-state index < -0.39 is 64.2 Å². The molecule has 6 aromatic carbocycles. The highest BCUT2D eigenvalue weighted by atomic mass is 35.5. The molecule has 1 fully saturated rings. The molecule has 3 N–H and O–H groups in total. The number of hydrogen-bond donors (Lipinski definition) is 3. The minimum atomic E-state index is -4.57. The number of hydrogen-bond acceptors (Lipinski definition) is 10. The Balaban J connectivity index is 0.000000163. The molecule has 3 amide bonds. The number of rotatable bonds is 14. The number of halogens is 10. The SMILES string of the molecule is CC(C)(Oc1ccccc1)C(=O)Nc1cc(C(F)(F)F)ccc1-n1cncn1.CC(Oc1cccc(Cl)c1)C(=O)Nc1cc(C(F)(F)F)ccc1-n1cncn1.O=C(Nc1cc(C(F)(F)F)ccc1-n1cccn1)C1(c2ccccc2)CC1. The monoisotopic (exact) mass is 1170 g/mol. The smallest absolute Gasteiger partial charge is 0.416 e. The Morgan fingerprint density at radius 1 is 0.566 bits per heavy atom. The summed E-state index contributed by atoms with van der Waals surface area (Å²) < 4.78 is 133. The Bertz CT molecular complexity index is 3660. The second-order valence-electron chi connectivity index (χ2n) is 18.8. The molecule has 16 nitrogen and oxygen atoms in total. The minimum Gasteiger partial charge on any atom is -0.481 e. The van der Waals surface area contributed by atoms with Crippen molar-refractivity contribution in [2.75, 3.05) is 16.0 Å². The molecule has 0 radical (unpaired) electrons. The molecule has 0 aliphatic heterocycles. The van der Waals surface area contributed by atoms with Crippen molar-refractivity contribution in [1.29, 1.82) is 0 Å². The fraction of sp³-hybridized carbons (Fsp3) is 0.193. The third kappa shape index (κ3) is 15.1. The molecule has 3 aromatic heterocycles. The maximum atomic E-state index is 13.2. The number of nitrogens with zero attached hydrogens (tertiary/aromatic N) is 8. The predicted molar refractivity (Wildman–Crippen MR) is 287 cm³/mol. The van der Waals surface area contributed by atoms with Gasteiger partial charge in [-0.25, -0.2) is 24.0 Å². The predicted octanol–water partition coefficient (Wildman–Crippen LogP) is 13.0. The van der Waals surface area contributed by atoms with Crippen molar-refractivity contribution in [1.82, 2.24) is 39.3 Å². The minimum absolute atomic E-state index is 0.0601. The first kappa shape index (κ1) is 59.6. The number of anilines is 3. The van der Waals surface area contributed by atoms with Crippen LogP contribution in [0.25, 0.3) is 17.1 Å². The molecular weight excluding hydrogens is 1130 g/mol. The second-order valence-corrected chi connectivity index (χ2v) is 19.2. The lowest BCUT2D eigenvalue weighted by molar-refractivity contribution is -0.138. The Hall–Kier alpha value is -9.52. The van der Waals surface area contributed by atoms with E-state index in [0.717, 1.165) is 42.0 Å². The van der Waals surface area contributed by atoms with Crippen LogP contribution >= 0.6 is 11.6 Å². The van der Waals surface area contributed by atoms with Crippen molar-refractivity contribution in [2.45, 2.75) is 69.3 Å². The topological polar surface area (TPSA) is 185 Å². The van der Waals surface area contributed by atoms with E-state index >= 15 is 0 Å². The van der Waals surface area contributed by atoms with Crippen LogP contribution in [0.5, 0.6) is 11.5 Å². The van der Waals surface area contributed by atoms with E-state index in [1.54, 1.807) is 60.8 Å². The summed E-state index contributed by atoms with van der Waals surface area (Å²) in [6.45, 7) is 4.52. The van der Waals surface area contributed by atoms with Gasteiger partial charge in [-0.2, -0.15) is 54.8 Å². The number of carbonyl (C=O) groups excluding carboxylic acids is 3. The van der Waals surface area contributed by atoms with Crippen LogP contribution in [-0.2, 0) is 38.3 Å². The van der Waals surface area contributed by atoms with E-state index in [0.29, 0.717) is 35.1 Å². The molecule has 1 aliphatic carbocycles. The number of nitrogens with one attached hydrogen (secondary N) is 3. The lowest BCUT2D eigenvalue weighted by atomic mass is 9.95. The summed E-state index contributed by atoms with van der Waals surface area (Å²) >= 11 is 5.87. The second kappa shape index (κ2) is 24.7. The molecule has 26 heteroatoms. The quantitative estimate of drug-likeness (QED) is 0.0885. The number of alkyl halides is 9. The average molecular weight is 1170 g/mol.